The molecule has 0 spiro atoms. The average molecular weight is 418 g/mol. The Hall–Kier alpha value is -2.85. The number of carbonyl (C=O) groups is 1. The molecule has 9 nitrogen and oxygen atoms in total. The van der Waals surface area contributed by atoms with Crippen LogP contribution < -0.4 is 9.47 Å². The lowest BCUT2D eigenvalue weighted by Crippen LogP contribution is -2.51. The van der Waals surface area contributed by atoms with Gasteiger partial charge in [0.05, 0.1) is 19.1 Å². The Morgan fingerprint density at radius 3 is 2.53 bits per heavy atom. The van der Waals surface area contributed by atoms with Gasteiger partial charge in [0.2, 0.25) is 6.29 Å². The Morgan fingerprint density at radius 2 is 1.83 bits per heavy atom. The van der Waals surface area contributed by atoms with Crippen molar-refractivity contribution in [2.24, 2.45) is 0 Å². The van der Waals surface area contributed by atoms with Crippen molar-refractivity contribution >= 4 is 5.78 Å². The van der Waals surface area contributed by atoms with Gasteiger partial charge in [-0.25, -0.2) is 0 Å². The second kappa shape index (κ2) is 8.11. The average Bonchev–Trinajstić information content (AvgIpc) is 2.70. The molecule has 5 N–H and O–H groups in total. The molecule has 0 amide bonds. The number of hydrogen-bond donors (Lipinski definition) is 5. The maximum absolute atomic E-state index is 12.6. The molecule has 1 fully saturated rings. The third-order valence-electron chi connectivity index (χ3n) is 5.22. The molecule has 0 radical (unpaired) electrons. The third-order valence-corrected chi connectivity index (χ3v) is 5.22. The maximum atomic E-state index is 12.6. The van der Waals surface area contributed by atoms with Crippen molar-refractivity contribution in [3.63, 3.8) is 0 Å². The fraction of sp³-hybridized carbons (Fsp3) is 0.381. The number of aliphatic hydroxyl groups is 3. The van der Waals surface area contributed by atoms with E-state index in [1.165, 1.54) is 24.3 Å². The van der Waals surface area contributed by atoms with Crippen LogP contribution in [0.1, 0.15) is 34.9 Å². The molecule has 2 heterocycles. The smallest absolute Gasteiger partial charge is 0.202 e. The van der Waals surface area contributed by atoms with Gasteiger partial charge >= 0.3 is 0 Å². The number of ether oxygens (including phenoxy) is 3. The fourth-order valence-electron chi connectivity index (χ4n) is 3.65. The first-order chi connectivity index (χ1) is 14.4. The van der Waals surface area contributed by atoms with Crippen molar-refractivity contribution in [1.82, 2.24) is 0 Å². The van der Waals surface area contributed by atoms with Gasteiger partial charge in [0.15, 0.2) is 5.78 Å². The number of fused-ring (bicyclic) bond motifs is 1. The van der Waals surface area contributed by atoms with Gasteiger partial charge in [-0.2, -0.15) is 0 Å². The number of rotatable bonds is 4. The molecule has 2 aromatic carbocycles. The number of carbonyl (C=O) groups excluding carboxylic acids is 1. The van der Waals surface area contributed by atoms with E-state index in [0.29, 0.717) is 5.56 Å². The van der Waals surface area contributed by atoms with Crippen LogP contribution in [0.4, 0.5) is 0 Å². The summed E-state index contributed by atoms with van der Waals surface area (Å²) in [5, 5.41) is 48.8. The summed E-state index contributed by atoms with van der Waals surface area (Å²) >= 11 is 0. The van der Waals surface area contributed by atoms with E-state index >= 15 is 0 Å². The second-order valence-corrected chi connectivity index (χ2v) is 7.34. The molecule has 2 aliphatic rings. The minimum atomic E-state index is -1.24. The third kappa shape index (κ3) is 3.92. The zero-order valence-electron chi connectivity index (χ0n) is 15.8. The predicted octanol–water partition coefficient (Wildman–Crippen LogP) is 1.01. The van der Waals surface area contributed by atoms with E-state index in [1.54, 1.807) is 12.1 Å². The first-order valence-corrected chi connectivity index (χ1v) is 9.50. The normalized spacial score (nSPS) is 28.5. The molecular weight excluding hydrogens is 396 g/mol. The highest BCUT2D eigenvalue weighted by molar-refractivity contribution is 6.02. The van der Waals surface area contributed by atoms with Crippen LogP contribution in [0.2, 0.25) is 0 Å². The largest absolute Gasteiger partial charge is 0.508 e. The van der Waals surface area contributed by atoms with E-state index in [0.717, 1.165) is 0 Å². The van der Waals surface area contributed by atoms with Crippen molar-refractivity contribution in [2.75, 3.05) is 6.61 Å². The number of hydrogen-bond acceptors (Lipinski definition) is 9. The summed E-state index contributed by atoms with van der Waals surface area (Å²) in [6.07, 6.45) is -5.00. The minimum absolute atomic E-state index is 0.0273. The Morgan fingerprint density at radius 1 is 1.10 bits per heavy atom. The number of aliphatic hydroxyl groups excluding tert-OH is 3. The van der Waals surface area contributed by atoms with Crippen LogP contribution in [0, 0.1) is 0 Å². The molecule has 4 rings (SSSR count). The van der Waals surface area contributed by atoms with E-state index in [2.05, 4.69) is 0 Å². The first kappa shape index (κ1) is 20.4. The van der Waals surface area contributed by atoms with Gasteiger partial charge in [-0.05, 0) is 17.7 Å². The topological polar surface area (TPSA) is 146 Å². The van der Waals surface area contributed by atoms with Crippen molar-refractivity contribution in [3.8, 4) is 23.0 Å². The van der Waals surface area contributed by atoms with Gasteiger partial charge in [-0.15, -0.1) is 0 Å². The summed E-state index contributed by atoms with van der Waals surface area (Å²) in [7, 11) is 0. The maximum Gasteiger partial charge on any atom is 0.202 e. The fourth-order valence-corrected chi connectivity index (χ4v) is 3.65. The molecule has 0 aromatic heterocycles. The number of ketones is 1. The van der Waals surface area contributed by atoms with Crippen LogP contribution in [0.25, 0.3) is 0 Å². The Balaban J connectivity index is 1.56. The molecule has 5 atom stereocenters. The molecule has 2 aliphatic heterocycles. The van der Waals surface area contributed by atoms with Crippen molar-refractivity contribution in [3.05, 3.63) is 47.5 Å². The standard InChI is InChI=1S/C21H22O9/c22-9-18-21(27)15(26)8-19(30-18)28-12-5-13(24)20-14(25)7-16(29-17(20)6-12)10-1-3-11(23)4-2-10/h1-6,15-16,18-19,21-24,26-27H,7-9H2/t15-,16+,18+,19+,21-/m1/s1. The lowest BCUT2D eigenvalue weighted by atomic mass is 9.95. The van der Waals surface area contributed by atoms with Crippen molar-refractivity contribution in [2.45, 2.75) is 43.5 Å². The first-order valence-electron chi connectivity index (χ1n) is 9.50. The summed E-state index contributed by atoms with van der Waals surface area (Å²) in [6.45, 7) is -0.501. The summed E-state index contributed by atoms with van der Waals surface area (Å²) < 4.78 is 17.0. The molecule has 0 bridgehead atoms. The van der Waals surface area contributed by atoms with E-state index in [1.807, 2.05) is 0 Å². The van der Waals surface area contributed by atoms with Crippen LogP contribution in [0.5, 0.6) is 23.0 Å². The number of aromatic hydroxyl groups is 2. The van der Waals surface area contributed by atoms with Crippen molar-refractivity contribution < 1.29 is 44.5 Å². The van der Waals surface area contributed by atoms with Crippen LogP contribution in [-0.4, -0.2) is 62.5 Å². The molecule has 0 saturated carbocycles. The second-order valence-electron chi connectivity index (χ2n) is 7.34. The van der Waals surface area contributed by atoms with E-state index in [4.69, 9.17) is 14.2 Å². The van der Waals surface area contributed by atoms with E-state index in [-0.39, 0.29) is 47.2 Å². The molecule has 2 aromatic rings. The van der Waals surface area contributed by atoms with Gasteiger partial charge < -0.3 is 39.7 Å². The minimum Gasteiger partial charge on any atom is -0.508 e. The van der Waals surface area contributed by atoms with Crippen LogP contribution in [-0.2, 0) is 4.74 Å². The van der Waals surface area contributed by atoms with Gasteiger partial charge in [0, 0.05) is 18.6 Å². The Labute approximate surface area is 171 Å². The molecular formula is C21H22O9. The summed E-state index contributed by atoms with van der Waals surface area (Å²) in [4.78, 5) is 12.6. The molecule has 9 heteroatoms. The van der Waals surface area contributed by atoms with Crippen molar-refractivity contribution in [1.29, 1.82) is 0 Å². The lowest BCUT2D eigenvalue weighted by Gasteiger charge is -2.36. The van der Waals surface area contributed by atoms with Crippen LogP contribution in [0.3, 0.4) is 0 Å². The molecule has 30 heavy (non-hydrogen) atoms. The van der Waals surface area contributed by atoms with E-state index in [9.17, 15) is 30.3 Å². The molecule has 0 unspecified atom stereocenters. The Bertz CT molecular complexity index is 927. The zero-order chi connectivity index (χ0) is 21.4. The zero-order valence-corrected chi connectivity index (χ0v) is 15.8. The van der Waals surface area contributed by atoms with Gasteiger partial charge in [-0.1, -0.05) is 12.1 Å². The summed E-state index contributed by atoms with van der Waals surface area (Å²) in [5.41, 5.74) is 0.738. The molecule has 0 aliphatic carbocycles. The number of benzene rings is 2. The Kier molecular flexibility index (Phi) is 5.52. The SMILES string of the molecule is O=C1C[C@@H](c2ccc(O)cc2)Oc2cc(O[C@@H]3C[C@@H](O)[C@@H](O)[C@H](CO)O3)cc(O)c21. The lowest BCUT2D eigenvalue weighted by molar-refractivity contribution is -0.230. The summed E-state index contributed by atoms with van der Waals surface area (Å²) in [6, 6.07) is 8.97. The number of Topliss-reactive ketones (excluding diaryl/α,β-unsaturated/α-hetero) is 1. The van der Waals surface area contributed by atoms with Crippen LogP contribution >= 0.6 is 0 Å². The monoisotopic (exact) mass is 418 g/mol. The van der Waals surface area contributed by atoms with E-state index < -0.39 is 37.3 Å². The predicted molar refractivity (Wildman–Crippen MR) is 102 cm³/mol. The number of phenols is 2. The highest BCUT2D eigenvalue weighted by atomic mass is 16.7. The highest BCUT2D eigenvalue weighted by Gasteiger charge is 2.38. The van der Waals surface area contributed by atoms with Crippen LogP contribution in [0.15, 0.2) is 36.4 Å². The summed E-state index contributed by atoms with van der Waals surface area (Å²) in [5.74, 6) is -0.251. The van der Waals surface area contributed by atoms with Gasteiger partial charge in [-0.3, -0.25) is 4.79 Å². The number of phenolic OH excluding ortho intramolecular Hbond substituents is 2. The molecule has 160 valence electrons. The quantitative estimate of drug-likeness (QED) is 0.491. The molecule has 1 saturated heterocycles. The van der Waals surface area contributed by atoms with Gasteiger partial charge in [0.1, 0.15) is 46.9 Å². The highest BCUT2D eigenvalue weighted by Crippen LogP contribution is 2.42. The van der Waals surface area contributed by atoms with Gasteiger partial charge in [0.25, 0.3) is 0 Å².